The van der Waals surface area contributed by atoms with Gasteiger partial charge in [0.1, 0.15) is 0 Å². The second-order valence-corrected chi connectivity index (χ2v) is 1.19. The molecule has 0 radical (unpaired) electrons. The topological polar surface area (TPSA) is 58.7 Å². The maximum absolute atomic E-state index is 6.75. The zero-order chi connectivity index (χ0) is 6.83. The Balaban J connectivity index is 0. The molecule has 0 rings (SSSR count). The van der Waals surface area contributed by atoms with Gasteiger partial charge in [0.15, 0.2) is 0 Å². The Morgan fingerprint density at radius 2 is 1.50 bits per heavy atom. The van der Waals surface area contributed by atoms with Crippen LogP contribution in [0.1, 0.15) is 13.8 Å². The van der Waals surface area contributed by atoms with E-state index in [1.807, 2.05) is 0 Å². The Labute approximate surface area is 50.8 Å². The monoisotopic (exact) mass is 111 g/mol. The first kappa shape index (κ1) is 10.4. The van der Waals surface area contributed by atoms with Crippen LogP contribution in [-0.2, 0) is 0 Å². The van der Waals surface area contributed by atoms with Crippen molar-refractivity contribution in [2.45, 2.75) is 26.5 Å². The van der Waals surface area contributed by atoms with Crippen LogP contribution in [0.5, 0.6) is 0 Å². The quantitative estimate of drug-likeness (QED) is 0.227. The van der Waals surface area contributed by atoms with E-state index < -0.39 is 0 Å². The number of hydrogen-bond acceptors (Lipinski definition) is 0. The van der Waals surface area contributed by atoms with Crippen molar-refractivity contribution < 1.29 is 0 Å². The van der Waals surface area contributed by atoms with Gasteiger partial charge in [-0.05, 0) is 0 Å². The fraction of sp³-hybridized carbons (Fsp3) is 1.00. The molecular weight excluding hydrogens is 101 g/mol. The third-order valence-corrected chi connectivity index (χ3v) is 0.577. The van der Waals surface area contributed by atoms with Gasteiger partial charge in [-0.1, -0.05) is 0 Å². The third kappa shape index (κ3) is 54.4. The Kier molecular flexibility index (Phi) is 21.0. The van der Waals surface area contributed by atoms with Crippen LogP contribution < -0.4 is 0 Å². The summed E-state index contributed by atoms with van der Waals surface area (Å²) in [5.74, 6) is 0. The molecule has 44 valence electrons. The smallest absolute Gasteiger partial charge is 0.255 e. The van der Waals surface area contributed by atoms with Crippen LogP contribution in [0.3, 0.4) is 0 Å². The van der Waals surface area contributed by atoms with E-state index in [-0.39, 0.29) is 0 Å². The van der Waals surface area contributed by atoms with Gasteiger partial charge < -0.3 is 11.1 Å². The predicted molar refractivity (Wildman–Crippen MR) is 36.8 cm³/mol. The summed E-state index contributed by atoms with van der Waals surface area (Å²) in [6.45, 7) is 4.31. The number of rotatable bonds is 2. The van der Waals surface area contributed by atoms with Crippen LogP contribution >= 0.6 is 0 Å². The molecule has 3 nitrogen and oxygen atoms in total. The molecule has 0 amide bonds. The summed E-state index contributed by atoms with van der Waals surface area (Å²) in [5.41, 5.74) is 13.5. The van der Waals surface area contributed by atoms with E-state index in [2.05, 4.69) is 21.1 Å². The van der Waals surface area contributed by atoms with Gasteiger partial charge in [-0.2, -0.15) is 0 Å². The van der Waals surface area contributed by atoms with Gasteiger partial charge in [-0.3, -0.25) is 4.91 Å². The van der Waals surface area contributed by atoms with Crippen LogP contribution in [0, 0.1) is 0 Å². The van der Waals surface area contributed by atoms with Crippen LogP contribution in [0.4, 0.5) is 0 Å². The zero-order valence-corrected chi connectivity index (χ0v) is 5.33. The maximum Gasteiger partial charge on any atom is -0.255 e. The van der Waals surface area contributed by atoms with E-state index in [1.54, 1.807) is 0 Å². The Morgan fingerprint density at radius 1 is 1.25 bits per heavy atom. The van der Waals surface area contributed by atoms with Crippen molar-refractivity contribution in [1.82, 2.24) is 0 Å². The van der Waals surface area contributed by atoms with Gasteiger partial charge in [-0.25, -0.2) is 0 Å². The van der Waals surface area contributed by atoms with Gasteiger partial charge in [0.25, 0.3) is 0 Å². The Morgan fingerprint density at radius 3 is 1.50 bits per heavy atom. The van der Waals surface area contributed by atoms with E-state index in [1.165, 1.54) is 17.6 Å². The second-order valence-electron chi connectivity index (χ2n) is 1.19. The molecule has 0 aromatic rings. The van der Waals surface area contributed by atoms with E-state index in [0.29, 0.717) is 0 Å². The van der Waals surface area contributed by atoms with Crippen LogP contribution in [-0.4, -0.2) is 7.28 Å². The van der Waals surface area contributed by atoms with Gasteiger partial charge in [-0.15, -0.1) is 0 Å². The first-order valence-electron chi connectivity index (χ1n) is 2.63. The molecule has 0 N–H and O–H groups in total. The van der Waals surface area contributed by atoms with Crippen molar-refractivity contribution in [2.75, 3.05) is 0 Å². The molecule has 0 fully saturated rings. The predicted octanol–water partition coefficient (Wildman–Crippen LogP) is 2.43. The summed E-state index contributed by atoms with van der Waals surface area (Å²) in [6.07, 6.45) is 2.44. The molecule has 0 aliphatic carbocycles. The Hall–Kier alpha value is -0.625. The third-order valence-electron chi connectivity index (χ3n) is 0.577. The van der Waals surface area contributed by atoms with Crippen LogP contribution in [0.25, 0.3) is 16.0 Å². The fourth-order valence-electron chi connectivity index (χ4n) is 0.289. The molecule has 4 heteroatoms. The molecule has 0 saturated carbocycles. The minimum atomic E-state index is 1.22. The van der Waals surface area contributed by atoms with Crippen molar-refractivity contribution in [2.24, 2.45) is 0 Å². The Bertz CT molecular complexity index is 56.3. The summed E-state index contributed by atoms with van der Waals surface area (Å²) in [5, 5.41) is 0. The summed E-state index contributed by atoms with van der Waals surface area (Å²) in [7, 11) is 2.25. The van der Waals surface area contributed by atoms with Crippen molar-refractivity contribution in [3.63, 3.8) is 0 Å². The van der Waals surface area contributed by atoms with Crippen molar-refractivity contribution in [1.29, 1.82) is 0 Å². The largest absolute Gasteiger partial charge is 0.373 e. The van der Waals surface area contributed by atoms with Gasteiger partial charge in [0.2, 0.25) is 0 Å². The molecule has 0 aromatic heterocycles. The molecule has 0 saturated heterocycles. The van der Waals surface area contributed by atoms with Gasteiger partial charge in [0, 0.05) is 0 Å². The fourth-order valence-corrected chi connectivity index (χ4v) is 0.289. The summed E-state index contributed by atoms with van der Waals surface area (Å²) < 4.78 is 0. The first-order valence-corrected chi connectivity index (χ1v) is 2.63. The van der Waals surface area contributed by atoms with E-state index in [0.717, 1.165) is 0 Å². The first-order chi connectivity index (χ1) is 3.83. The van der Waals surface area contributed by atoms with Gasteiger partial charge in [0.05, 0.1) is 0 Å². The zero-order valence-electron chi connectivity index (χ0n) is 5.33. The van der Waals surface area contributed by atoms with Crippen molar-refractivity contribution >= 4 is 7.28 Å². The molecule has 0 bridgehead atoms. The second kappa shape index (κ2) is 16.2. The summed E-state index contributed by atoms with van der Waals surface area (Å²) in [4.78, 5) is 1.50. The van der Waals surface area contributed by atoms with Crippen LogP contribution in [0.2, 0.25) is 12.6 Å². The molecule has 0 aromatic carbocycles. The average Bonchev–Trinajstić information content (AvgIpc) is 1.71. The maximum atomic E-state index is 6.75. The SMILES string of the molecule is CC[B+]CC.[N-]=[N+]=[N-]. The van der Waals surface area contributed by atoms with Crippen molar-refractivity contribution in [3.05, 3.63) is 16.0 Å². The van der Waals surface area contributed by atoms with Gasteiger partial charge >= 0.3 is 33.8 Å². The summed E-state index contributed by atoms with van der Waals surface area (Å²) in [6, 6.07) is 0. The molecular formula is C4H10BN3. The minimum absolute atomic E-state index is 1.22. The summed E-state index contributed by atoms with van der Waals surface area (Å²) >= 11 is 0. The normalized spacial score (nSPS) is 5.25. The van der Waals surface area contributed by atoms with E-state index in [4.69, 9.17) is 11.1 Å². The molecule has 0 aliphatic heterocycles. The van der Waals surface area contributed by atoms with Crippen LogP contribution in [0.15, 0.2) is 0 Å². The molecule has 0 spiro atoms. The standard InChI is InChI=1S/C4H10B.N3/c1-3-5-4-2;1-3-2/h3-4H2,1-2H3;/q+1;-1. The van der Waals surface area contributed by atoms with E-state index >= 15 is 0 Å². The number of hydrogen-bond donors (Lipinski definition) is 0. The van der Waals surface area contributed by atoms with E-state index in [9.17, 15) is 0 Å². The van der Waals surface area contributed by atoms with Crippen molar-refractivity contribution in [3.8, 4) is 0 Å². The number of nitrogens with zero attached hydrogens (tertiary/aromatic N) is 3. The molecule has 0 atom stereocenters. The minimum Gasteiger partial charge on any atom is -0.373 e. The molecule has 8 heavy (non-hydrogen) atoms. The molecule has 0 aliphatic rings. The average molecular weight is 111 g/mol. The molecule has 0 unspecified atom stereocenters. The molecule has 0 heterocycles.